The number of alkyl halides is 2. The molecule has 1 N–H and O–H groups in total. The van der Waals surface area contributed by atoms with Gasteiger partial charge >= 0.3 is 14.2 Å². The predicted octanol–water partition coefficient (Wildman–Crippen LogP) is 2.88. The monoisotopic (exact) mass is 339 g/mol. The molecule has 0 saturated heterocycles. The van der Waals surface area contributed by atoms with Gasteiger partial charge in [0, 0.05) is 23.7 Å². The van der Waals surface area contributed by atoms with Crippen LogP contribution in [-0.4, -0.2) is 49.3 Å². The van der Waals surface area contributed by atoms with Crippen LogP contribution in [0.1, 0.15) is 20.8 Å². The maximum absolute atomic E-state index is 11.2. The molecule has 0 heterocycles. The van der Waals surface area contributed by atoms with E-state index in [0.717, 1.165) is 5.88 Å². The van der Waals surface area contributed by atoms with E-state index in [1.54, 1.807) is 13.8 Å². The Morgan fingerprint density at radius 3 is 2.21 bits per heavy atom. The van der Waals surface area contributed by atoms with Crippen LogP contribution in [0.2, 0.25) is 0 Å². The highest BCUT2D eigenvalue weighted by atomic mass is 35.5. The Kier molecular flexibility index (Phi) is 17.1. The second-order valence-corrected chi connectivity index (χ2v) is 4.69. The number of hydrogen-bond donors (Lipinski definition) is 1. The first kappa shape index (κ1) is 21.8. The van der Waals surface area contributed by atoms with E-state index in [2.05, 4.69) is 4.52 Å². The van der Waals surface area contributed by atoms with E-state index in [-0.39, 0.29) is 25.7 Å². The van der Waals surface area contributed by atoms with Crippen LogP contribution in [0.5, 0.6) is 0 Å². The molecule has 0 amide bonds. The second-order valence-electron chi connectivity index (χ2n) is 2.89. The largest absolute Gasteiger partial charge is 0.703 e. The van der Waals surface area contributed by atoms with Gasteiger partial charge in [-0.25, -0.2) is 0 Å². The topological polar surface area (TPSA) is 74.2 Å². The first-order chi connectivity index (χ1) is 8.99. The normalized spacial score (nSPS) is 14.3. The lowest BCUT2D eigenvalue weighted by atomic mass is 10.6. The third-order valence-electron chi connectivity index (χ3n) is 1.35. The van der Waals surface area contributed by atoms with Gasteiger partial charge in [-0.05, 0) is 18.4 Å². The minimum Gasteiger partial charge on any atom is -0.373 e. The van der Waals surface area contributed by atoms with Gasteiger partial charge in [-0.3, -0.25) is 0 Å². The number of hydrogen-bond acceptors (Lipinski definition) is 6. The lowest BCUT2D eigenvalue weighted by Gasteiger charge is -2.20. The van der Waals surface area contributed by atoms with Crippen molar-refractivity contribution >= 4 is 31.5 Å². The highest BCUT2D eigenvalue weighted by Crippen LogP contribution is 2.31. The number of aliphatic hydroxyl groups is 1. The van der Waals surface area contributed by atoms with Crippen LogP contribution in [0, 0.1) is 0 Å². The van der Waals surface area contributed by atoms with Gasteiger partial charge in [0.1, 0.15) is 13.2 Å². The van der Waals surface area contributed by atoms with Crippen LogP contribution in [0.4, 0.5) is 0 Å². The Hall–Kier alpha value is 0.480. The predicted molar refractivity (Wildman–Crippen MR) is 74.8 cm³/mol. The van der Waals surface area contributed by atoms with Crippen LogP contribution in [0.3, 0.4) is 0 Å². The van der Waals surface area contributed by atoms with Gasteiger partial charge in [0.05, 0.1) is 5.88 Å². The molecule has 0 aliphatic carbocycles. The van der Waals surface area contributed by atoms with Gasteiger partial charge in [0.2, 0.25) is 0 Å². The molecule has 19 heavy (non-hydrogen) atoms. The maximum Gasteiger partial charge on any atom is 0.703 e. The summed E-state index contributed by atoms with van der Waals surface area (Å²) in [7, 11) is -2.49. The summed E-state index contributed by atoms with van der Waals surface area (Å²) in [6.07, 6.45) is 0. The van der Waals surface area contributed by atoms with Crippen molar-refractivity contribution in [2.24, 2.45) is 0 Å². The van der Waals surface area contributed by atoms with Crippen molar-refractivity contribution in [1.82, 2.24) is 0 Å². The molecule has 0 aliphatic heterocycles. The van der Waals surface area contributed by atoms with E-state index in [9.17, 15) is 9.67 Å². The van der Waals surface area contributed by atoms with Crippen LogP contribution < -0.4 is 0 Å². The molecule has 9 heteroatoms. The molecule has 0 bridgehead atoms. The van der Waals surface area contributed by atoms with Gasteiger partial charge in [0.15, 0.2) is 0 Å². The van der Waals surface area contributed by atoms with Crippen molar-refractivity contribution in [1.29, 1.82) is 0 Å². The number of rotatable bonds is 10. The van der Waals surface area contributed by atoms with Crippen LogP contribution in [0.25, 0.3) is 0 Å². The van der Waals surface area contributed by atoms with Gasteiger partial charge in [-0.2, -0.15) is 0 Å². The van der Waals surface area contributed by atoms with E-state index in [1.807, 2.05) is 6.92 Å². The van der Waals surface area contributed by atoms with E-state index in [4.69, 9.17) is 37.2 Å². The maximum atomic E-state index is 11.2. The van der Waals surface area contributed by atoms with Crippen molar-refractivity contribution in [2.75, 3.05) is 38.2 Å². The van der Waals surface area contributed by atoms with E-state index < -0.39 is 14.2 Å². The summed E-state index contributed by atoms with van der Waals surface area (Å²) in [5.41, 5.74) is 0. The summed E-state index contributed by atoms with van der Waals surface area (Å²) >= 11 is 10.3. The van der Waals surface area contributed by atoms with E-state index in [1.165, 1.54) is 0 Å². The van der Waals surface area contributed by atoms with Crippen molar-refractivity contribution in [2.45, 2.75) is 26.7 Å². The van der Waals surface area contributed by atoms with Crippen LogP contribution >= 0.6 is 31.5 Å². The highest BCUT2D eigenvalue weighted by Gasteiger charge is 2.41. The summed E-state index contributed by atoms with van der Waals surface area (Å²) in [6.45, 7) is 5.67. The van der Waals surface area contributed by atoms with Crippen molar-refractivity contribution in [3.63, 3.8) is 0 Å². The smallest absolute Gasteiger partial charge is 0.373 e. The lowest BCUT2D eigenvalue weighted by molar-refractivity contribution is -0.337. The quantitative estimate of drug-likeness (QED) is 0.374. The fourth-order valence-electron chi connectivity index (χ4n) is 0.803. The molecular weight excluding hydrogens is 318 g/mol. The average Bonchev–Trinajstić information content (AvgIpc) is 2.35. The van der Waals surface area contributed by atoms with Crippen LogP contribution in [0.15, 0.2) is 0 Å². The fraction of sp³-hybridized carbons (Fsp3) is 1.00. The molecule has 0 aromatic carbocycles. The van der Waals surface area contributed by atoms with Gasteiger partial charge in [-0.15, -0.1) is 27.7 Å². The summed E-state index contributed by atoms with van der Waals surface area (Å²) in [5, 5.41) is 9.75. The molecular formula is C10H22Cl2O6P+. The minimum atomic E-state index is -2.49. The number of ether oxygens (including phenoxy) is 2. The Balaban J connectivity index is 0. The third kappa shape index (κ3) is 14.7. The van der Waals surface area contributed by atoms with Gasteiger partial charge in [-0.1, -0.05) is 6.92 Å². The van der Waals surface area contributed by atoms with Gasteiger partial charge < -0.3 is 14.6 Å². The summed E-state index contributed by atoms with van der Waals surface area (Å²) < 4.78 is 30.4. The number of halogens is 2. The minimum absolute atomic E-state index is 0.0631. The van der Waals surface area contributed by atoms with Crippen molar-refractivity contribution in [3.05, 3.63) is 0 Å². The van der Waals surface area contributed by atoms with Gasteiger partial charge in [0.25, 0.3) is 0 Å². The molecule has 0 saturated carbocycles. The Morgan fingerprint density at radius 1 is 1.21 bits per heavy atom. The Bertz CT molecular complexity index is 222. The third-order valence-corrected chi connectivity index (χ3v) is 2.33. The standard InChI is InChI=1S/C8H17ClO6P.C2H5Cl/c1-3-12-7-8(10,13-4-2)15-16(11)14-6-5-9;1-2-3/h10H,3-7H2,1-2H3;2H2,1H3/q+1;. The first-order valence-electron chi connectivity index (χ1n) is 5.84. The fourth-order valence-corrected chi connectivity index (χ4v) is 1.62. The molecule has 0 fully saturated rings. The molecule has 0 spiro atoms. The molecule has 0 rings (SSSR count). The molecule has 6 nitrogen and oxygen atoms in total. The zero-order valence-corrected chi connectivity index (χ0v) is 13.8. The molecule has 0 aromatic rings. The first-order valence-corrected chi connectivity index (χ1v) is 8.01. The van der Waals surface area contributed by atoms with Crippen molar-refractivity contribution in [3.8, 4) is 0 Å². The molecule has 2 atom stereocenters. The Labute approximate surface area is 125 Å². The Morgan fingerprint density at radius 2 is 1.79 bits per heavy atom. The molecule has 2 unspecified atom stereocenters. The van der Waals surface area contributed by atoms with Crippen molar-refractivity contribution < 1.29 is 28.2 Å². The SMILES string of the molecule is CCCl.CCOCC(O)(OCC)O[P+](=O)OCCCl. The zero-order chi connectivity index (χ0) is 15.1. The summed E-state index contributed by atoms with van der Waals surface area (Å²) in [6, 6.07) is 0. The molecule has 0 radical (unpaired) electrons. The molecule has 0 aromatic heterocycles. The van der Waals surface area contributed by atoms with Crippen LogP contribution in [-0.2, 0) is 23.1 Å². The zero-order valence-electron chi connectivity index (χ0n) is 11.4. The second kappa shape index (κ2) is 14.9. The summed E-state index contributed by atoms with van der Waals surface area (Å²) in [5.74, 6) is -1.15. The average molecular weight is 340 g/mol. The lowest BCUT2D eigenvalue weighted by Crippen LogP contribution is -2.39. The molecule has 116 valence electrons. The summed E-state index contributed by atoms with van der Waals surface area (Å²) in [4.78, 5) is 0. The molecule has 0 aliphatic rings. The van der Waals surface area contributed by atoms with E-state index in [0.29, 0.717) is 6.61 Å². The highest BCUT2D eigenvalue weighted by molar-refractivity contribution is 7.33. The van der Waals surface area contributed by atoms with E-state index >= 15 is 0 Å².